The maximum absolute atomic E-state index is 12.6. The van der Waals surface area contributed by atoms with Gasteiger partial charge < -0.3 is 15.0 Å². The van der Waals surface area contributed by atoms with Crippen molar-refractivity contribution < 1.29 is 9.53 Å². The van der Waals surface area contributed by atoms with Gasteiger partial charge in [0.1, 0.15) is 12.4 Å². The van der Waals surface area contributed by atoms with Gasteiger partial charge >= 0.3 is 0 Å². The lowest BCUT2D eigenvalue weighted by Crippen LogP contribution is -2.45. The van der Waals surface area contributed by atoms with Crippen LogP contribution in [0.2, 0.25) is 5.02 Å². The molecule has 0 saturated heterocycles. The maximum Gasteiger partial charge on any atom is 0.222 e. The summed E-state index contributed by atoms with van der Waals surface area (Å²) in [5, 5.41) is 3.70. The molecule has 0 fully saturated rings. The Morgan fingerprint density at radius 2 is 1.69 bits per heavy atom. The fraction of sp³-hybridized carbons (Fsp3) is 0.208. The number of hydrogen-bond donors (Lipinski definition) is 1. The number of halogens is 1. The van der Waals surface area contributed by atoms with Gasteiger partial charge in [0, 0.05) is 18.1 Å². The number of carbonyl (C=O) groups is 1. The first-order chi connectivity index (χ1) is 14.2. The fourth-order valence-corrected chi connectivity index (χ4v) is 3.67. The molecule has 0 radical (unpaired) electrons. The summed E-state index contributed by atoms with van der Waals surface area (Å²) >= 11 is 5.92. The standard InChI is InChI=1S/C24H23ClN2O2/c25-20-12-10-18(11-13-20)15-26-24(28)14-21-17-29-23-9-5-4-8-22(23)27(21)16-19-6-2-1-3-7-19/h1-13,21H,14-17H2,(H,26,28)/t21-/m1/s1. The van der Waals surface area contributed by atoms with E-state index in [2.05, 4.69) is 28.4 Å². The van der Waals surface area contributed by atoms with Crippen LogP contribution in [0.1, 0.15) is 17.5 Å². The van der Waals surface area contributed by atoms with Gasteiger partial charge in [-0.15, -0.1) is 0 Å². The molecule has 5 heteroatoms. The highest BCUT2D eigenvalue weighted by molar-refractivity contribution is 6.30. The second kappa shape index (κ2) is 9.01. The fourth-order valence-electron chi connectivity index (χ4n) is 3.54. The second-order valence-corrected chi connectivity index (χ2v) is 7.59. The molecule has 0 aliphatic carbocycles. The van der Waals surface area contributed by atoms with Gasteiger partial charge in [0.05, 0.1) is 18.2 Å². The van der Waals surface area contributed by atoms with Gasteiger partial charge in [0.15, 0.2) is 0 Å². The number of nitrogens with one attached hydrogen (secondary N) is 1. The maximum atomic E-state index is 12.6. The molecule has 29 heavy (non-hydrogen) atoms. The molecule has 0 saturated carbocycles. The number of para-hydroxylation sites is 2. The summed E-state index contributed by atoms with van der Waals surface area (Å²) in [6.45, 7) is 1.70. The van der Waals surface area contributed by atoms with Gasteiger partial charge in [-0.2, -0.15) is 0 Å². The molecule has 1 N–H and O–H groups in total. The molecule has 3 aromatic carbocycles. The normalized spacial score (nSPS) is 15.3. The molecule has 4 nitrogen and oxygen atoms in total. The Bertz CT molecular complexity index is 960. The van der Waals surface area contributed by atoms with Crippen LogP contribution < -0.4 is 15.0 Å². The van der Waals surface area contributed by atoms with Gasteiger partial charge in [-0.3, -0.25) is 4.79 Å². The first-order valence-electron chi connectivity index (χ1n) is 9.72. The predicted octanol–water partition coefficient (Wildman–Crippen LogP) is 4.81. The molecule has 0 bridgehead atoms. The molecule has 148 valence electrons. The van der Waals surface area contributed by atoms with Crippen molar-refractivity contribution in [2.45, 2.75) is 25.6 Å². The van der Waals surface area contributed by atoms with E-state index in [1.807, 2.05) is 60.7 Å². The molecule has 0 spiro atoms. The lowest BCUT2D eigenvalue weighted by atomic mass is 10.1. The average molecular weight is 407 g/mol. The highest BCUT2D eigenvalue weighted by Crippen LogP contribution is 2.35. The number of fused-ring (bicyclic) bond motifs is 1. The molecule has 1 aliphatic heterocycles. The molecule has 3 aromatic rings. The minimum atomic E-state index is -0.0321. The first-order valence-corrected chi connectivity index (χ1v) is 10.1. The van der Waals surface area contributed by atoms with Crippen LogP contribution >= 0.6 is 11.6 Å². The lowest BCUT2D eigenvalue weighted by Gasteiger charge is -2.38. The average Bonchev–Trinajstić information content (AvgIpc) is 2.76. The molecule has 4 rings (SSSR count). The van der Waals surface area contributed by atoms with Crippen LogP contribution in [0, 0.1) is 0 Å². The van der Waals surface area contributed by atoms with E-state index >= 15 is 0 Å². The summed E-state index contributed by atoms with van der Waals surface area (Å²) in [5.41, 5.74) is 3.25. The number of anilines is 1. The van der Waals surface area contributed by atoms with Crippen LogP contribution in [0.3, 0.4) is 0 Å². The van der Waals surface area contributed by atoms with Crippen molar-refractivity contribution in [3.63, 3.8) is 0 Å². The number of nitrogens with zero attached hydrogens (tertiary/aromatic N) is 1. The molecule has 0 unspecified atom stereocenters. The third-order valence-electron chi connectivity index (χ3n) is 5.07. The van der Waals surface area contributed by atoms with Gasteiger partial charge in [-0.25, -0.2) is 0 Å². The summed E-state index contributed by atoms with van der Waals surface area (Å²) in [5.74, 6) is 0.868. The Labute approximate surface area is 176 Å². The quantitative estimate of drug-likeness (QED) is 0.638. The molecule has 1 amide bonds. The van der Waals surface area contributed by atoms with Crippen molar-refractivity contribution in [2.75, 3.05) is 11.5 Å². The molecular formula is C24H23ClN2O2. The van der Waals surface area contributed by atoms with Crippen LogP contribution in [-0.2, 0) is 17.9 Å². The number of benzene rings is 3. The second-order valence-electron chi connectivity index (χ2n) is 7.15. The van der Waals surface area contributed by atoms with E-state index in [1.165, 1.54) is 5.56 Å². The highest BCUT2D eigenvalue weighted by Gasteiger charge is 2.29. The molecule has 1 heterocycles. The Balaban J connectivity index is 1.45. The van der Waals surface area contributed by atoms with Gasteiger partial charge in [-0.1, -0.05) is 66.2 Å². The van der Waals surface area contributed by atoms with E-state index < -0.39 is 0 Å². The zero-order chi connectivity index (χ0) is 20.1. The van der Waals surface area contributed by atoms with E-state index in [0.29, 0.717) is 24.6 Å². The SMILES string of the molecule is O=C(C[C@@H]1COc2ccccc2N1Cc1ccccc1)NCc1ccc(Cl)cc1. The van der Waals surface area contributed by atoms with Crippen molar-refractivity contribution in [1.29, 1.82) is 0 Å². The van der Waals surface area contributed by atoms with Crippen LogP contribution in [0.4, 0.5) is 5.69 Å². The molecule has 1 atom stereocenters. The lowest BCUT2D eigenvalue weighted by molar-refractivity contribution is -0.121. The molecular weight excluding hydrogens is 384 g/mol. The Morgan fingerprint density at radius 1 is 0.966 bits per heavy atom. The van der Waals surface area contributed by atoms with Crippen LogP contribution in [0.15, 0.2) is 78.9 Å². The van der Waals surface area contributed by atoms with Crippen molar-refractivity contribution in [3.8, 4) is 5.75 Å². The molecule has 1 aliphatic rings. The van der Waals surface area contributed by atoms with Crippen molar-refractivity contribution in [1.82, 2.24) is 5.32 Å². The van der Waals surface area contributed by atoms with Crippen molar-refractivity contribution in [2.24, 2.45) is 0 Å². The number of ether oxygens (including phenoxy) is 1. The van der Waals surface area contributed by atoms with E-state index in [0.717, 1.165) is 23.5 Å². The monoisotopic (exact) mass is 406 g/mol. The Morgan fingerprint density at radius 3 is 2.48 bits per heavy atom. The molecule has 0 aromatic heterocycles. The number of rotatable bonds is 6. The van der Waals surface area contributed by atoms with Crippen LogP contribution in [0.25, 0.3) is 0 Å². The van der Waals surface area contributed by atoms with Gasteiger partial charge in [-0.05, 0) is 35.4 Å². The van der Waals surface area contributed by atoms with Crippen LogP contribution in [-0.4, -0.2) is 18.6 Å². The third-order valence-corrected chi connectivity index (χ3v) is 5.32. The smallest absolute Gasteiger partial charge is 0.222 e. The minimum absolute atomic E-state index is 0.00555. The van der Waals surface area contributed by atoms with E-state index in [9.17, 15) is 4.79 Å². The van der Waals surface area contributed by atoms with E-state index in [4.69, 9.17) is 16.3 Å². The van der Waals surface area contributed by atoms with Gasteiger partial charge in [0.25, 0.3) is 0 Å². The van der Waals surface area contributed by atoms with Crippen molar-refractivity contribution in [3.05, 3.63) is 95.0 Å². The van der Waals surface area contributed by atoms with Crippen molar-refractivity contribution >= 4 is 23.2 Å². The first kappa shape index (κ1) is 19.3. The summed E-state index contributed by atoms with van der Waals surface area (Å²) in [6, 6.07) is 25.8. The van der Waals surface area contributed by atoms with Gasteiger partial charge in [0.2, 0.25) is 5.91 Å². The Kier molecular flexibility index (Phi) is 6.01. The summed E-state index contributed by atoms with van der Waals surface area (Å²) in [7, 11) is 0. The summed E-state index contributed by atoms with van der Waals surface area (Å²) in [6.07, 6.45) is 0.370. The number of hydrogen-bond acceptors (Lipinski definition) is 3. The highest BCUT2D eigenvalue weighted by atomic mass is 35.5. The number of carbonyl (C=O) groups excluding carboxylic acids is 1. The van der Waals surface area contributed by atoms with E-state index in [1.54, 1.807) is 0 Å². The van der Waals surface area contributed by atoms with E-state index in [-0.39, 0.29) is 11.9 Å². The Hall–Kier alpha value is -2.98. The number of amides is 1. The largest absolute Gasteiger partial charge is 0.489 e. The topological polar surface area (TPSA) is 41.6 Å². The predicted molar refractivity (Wildman–Crippen MR) is 116 cm³/mol. The minimum Gasteiger partial charge on any atom is -0.489 e. The van der Waals surface area contributed by atoms with Crippen LogP contribution in [0.5, 0.6) is 5.75 Å². The third kappa shape index (κ3) is 4.90. The summed E-state index contributed by atoms with van der Waals surface area (Å²) < 4.78 is 5.94. The summed E-state index contributed by atoms with van der Waals surface area (Å²) in [4.78, 5) is 14.9. The zero-order valence-corrected chi connectivity index (χ0v) is 16.8. The zero-order valence-electron chi connectivity index (χ0n) is 16.1.